The van der Waals surface area contributed by atoms with Gasteiger partial charge in [0, 0.05) is 17.1 Å². The van der Waals surface area contributed by atoms with Gasteiger partial charge in [0.2, 0.25) is 0 Å². The summed E-state index contributed by atoms with van der Waals surface area (Å²) in [5.74, 6) is 0.440. The number of rotatable bonds is 6. The lowest BCUT2D eigenvalue weighted by atomic mass is 10.2. The van der Waals surface area contributed by atoms with E-state index in [1.165, 1.54) is 4.90 Å². The molecule has 0 N–H and O–H groups in total. The molecular formula is C20H18ClNO3S. The number of carbonyl (C=O) groups excluding carboxylic acids is 2. The second-order valence-corrected chi connectivity index (χ2v) is 7.19. The van der Waals surface area contributed by atoms with Crippen molar-refractivity contribution in [3.05, 3.63) is 69.6 Å². The molecule has 1 saturated heterocycles. The van der Waals surface area contributed by atoms with Gasteiger partial charge >= 0.3 is 0 Å². The van der Waals surface area contributed by atoms with Gasteiger partial charge in [-0.3, -0.25) is 14.5 Å². The average Bonchev–Trinajstić information content (AvgIpc) is 2.89. The number of imide groups is 1. The van der Waals surface area contributed by atoms with Gasteiger partial charge in [-0.25, -0.2) is 0 Å². The van der Waals surface area contributed by atoms with Crippen LogP contribution in [0.4, 0.5) is 4.79 Å². The molecule has 26 heavy (non-hydrogen) atoms. The monoisotopic (exact) mass is 387 g/mol. The zero-order chi connectivity index (χ0) is 18.5. The Morgan fingerprint density at radius 1 is 1.15 bits per heavy atom. The van der Waals surface area contributed by atoms with Gasteiger partial charge in [-0.15, -0.1) is 0 Å². The molecule has 2 amide bonds. The summed E-state index contributed by atoms with van der Waals surface area (Å²) in [7, 11) is 0. The van der Waals surface area contributed by atoms with Crippen molar-refractivity contribution < 1.29 is 14.3 Å². The van der Waals surface area contributed by atoms with Crippen molar-refractivity contribution in [2.75, 3.05) is 6.54 Å². The maximum absolute atomic E-state index is 12.3. The second kappa shape index (κ2) is 8.43. The van der Waals surface area contributed by atoms with Gasteiger partial charge in [0.15, 0.2) is 0 Å². The highest BCUT2D eigenvalue weighted by Gasteiger charge is 2.34. The predicted molar refractivity (Wildman–Crippen MR) is 105 cm³/mol. The van der Waals surface area contributed by atoms with E-state index < -0.39 is 0 Å². The van der Waals surface area contributed by atoms with E-state index in [0.29, 0.717) is 28.8 Å². The van der Waals surface area contributed by atoms with E-state index >= 15 is 0 Å². The lowest BCUT2D eigenvalue weighted by molar-refractivity contribution is -0.122. The molecule has 2 aromatic rings. The summed E-state index contributed by atoms with van der Waals surface area (Å²) in [5, 5.41) is 0.447. The molecule has 0 saturated carbocycles. The number of ether oxygens (including phenoxy) is 1. The molecule has 6 heteroatoms. The Balaban J connectivity index is 1.72. The molecule has 0 aromatic heterocycles. The van der Waals surface area contributed by atoms with Crippen LogP contribution in [0.2, 0.25) is 5.02 Å². The smallest absolute Gasteiger partial charge is 0.293 e. The zero-order valence-electron chi connectivity index (χ0n) is 14.3. The molecule has 2 aromatic carbocycles. The highest BCUT2D eigenvalue weighted by atomic mass is 35.5. The number of benzene rings is 2. The fraction of sp³-hybridized carbons (Fsp3) is 0.200. The molecule has 0 atom stereocenters. The van der Waals surface area contributed by atoms with Crippen LogP contribution < -0.4 is 4.74 Å². The predicted octanol–water partition coefficient (Wildman–Crippen LogP) is 5.37. The lowest BCUT2D eigenvalue weighted by Crippen LogP contribution is -2.28. The number of nitrogens with zero attached hydrogens (tertiary/aromatic N) is 1. The molecule has 0 unspecified atom stereocenters. The van der Waals surface area contributed by atoms with Crippen molar-refractivity contribution in [1.82, 2.24) is 4.90 Å². The van der Waals surface area contributed by atoms with Gasteiger partial charge in [0.1, 0.15) is 12.4 Å². The van der Waals surface area contributed by atoms with Gasteiger partial charge < -0.3 is 4.74 Å². The number of carbonyl (C=O) groups is 2. The first-order valence-electron chi connectivity index (χ1n) is 8.30. The Hall–Kier alpha value is -2.24. The van der Waals surface area contributed by atoms with E-state index in [2.05, 4.69) is 0 Å². The van der Waals surface area contributed by atoms with Gasteiger partial charge in [-0.2, -0.15) is 0 Å². The van der Waals surface area contributed by atoms with E-state index in [4.69, 9.17) is 16.3 Å². The standard InChI is InChI=1S/C20H18ClNO3S/c1-2-10-22-19(23)18(26-20(22)24)12-14-6-5-8-16(11-14)25-13-15-7-3-4-9-17(15)21/h3-9,11-12H,2,10,13H2,1H3/b18-12+. The Bertz CT molecular complexity index is 866. The maximum Gasteiger partial charge on any atom is 0.293 e. The largest absolute Gasteiger partial charge is 0.489 e. The minimum absolute atomic E-state index is 0.214. The number of hydrogen-bond acceptors (Lipinski definition) is 4. The van der Waals surface area contributed by atoms with E-state index in [1.54, 1.807) is 6.08 Å². The van der Waals surface area contributed by atoms with Crippen LogP contribution in [0.5, 0.6) is 5.75 Å². The highest BCUT2D eigenvalue weighted by Crippen LogP contribution is 2.32. The van der Waals surface area contributed by atoms with Crippen LogP contribution in [0.3, 0.4) is 0 Å². The number of halogens is 1. The Labute approximate surface area is 161 Å². The molecule has 0 bridgehead atoms. The third-order valence-electron chi connectivity index (χ3n) is 3.83. The van der Waals surface area contributed by atoms with Crippen molar-refractivity contribution in [1.29, 1.82) is 0 Å². The molecule has 134 valence electrons. The van der Waals surface area contributed by atoms with Gasteiger partial charge in [0.05, 0.1) is 4.91 Å². The summed E-state index contributed by atoms with van der Waals surface area (Å²) in [6.45, 7) is 2.74. The van der Waals surface area contributed by atoms with E-state index in [0.717, 1.165) is 29.3 Å². The summed E-state index contributed by atoms with van der Waals surface area (Å²) >= 11 is 7.11. The van der Waals surface area contributed by atoms with Crippen molar-refractivity contribution in [3.8, 4) is 5.75 Å². The average molecular weight is 388 g/mol. The van der Waals surface area contributed by atoms with Gasteiger partial charge in [-0.05, 0) is 48.0 Å². The third-order valence-corrected chi connectivity index (χ3v) is 5.10. The van der Waals surface area contributed by atoms with Crippen molar-refractivity contribution in [2.45, 2.75) is 20.0 Å². The SMILES string of the molecule is CCCN1C(=O)S/C(=C/c2cccc(OCc3ccccc3Cl)c2)C1=O. The Morgan fingerprint density at radius 3 is 2.73 bits per heavy atom. The number of thioether (sulfide) groups is 1. The summed E-state index contributed by atoms with van der Waals surface area (Å²) < 4.78 is 5.80. The van der Waals surface area contributed by atoms with Gasteiger partial charge in [-0.1, -0.05) is 48.9 Å². The second-order valence-electron chi connectivity index (χ2n) is 5.79. The third kappa shape index (κ3) is 4.29. The van der Waals surface area contributed by atoms with Crippen molar-refractivity contribution in [3.63, 3.8) is 0 Å². The van der Waals surface area contributed by atoms with Crippen LogP contribution >= 0.6 is 23.4 Å². The van der Waals surface area contributed by atoms with Crippen LogP contribution in [-0.4, -0.2) is 22.6 Å². The topological polar surface area (TPSA) is 46.6 Å². The molecule has 1 fully saturated rings. The molecule has 1 aliphatic heterocycles. The van der Waals surface area contributed by atoms with Crippen LogP contribution in [0.15, 0.2) is 53.4 Å². The summed E-state index contributed by atoms with van der Waals surface area (Å²) in [6.07, 6.45) is 2.47. The fourth-order valence-corrected chi connectivity index (χ4v) is 3.59. The van der Waals surface area contributed by atoms with Crippen LogP contribution in [0.1, 0.15) is 24.5 Å². The zero-order valence-corrected chi connectivity index (χ0v) is 15.8. The molecule has 0 aliphatic carbocycles. The van der Waals surface area contributed by atoms with E-state index in [-0.39, 0.29) is 11.1 Å². The summed E-state index contributed by atoms with van der Waals surface area (Å²) in [5.41, 5.74) is 1.71. The summed E-state index contributed by atoms with van der Waals surface area (Å²) in [4.78, 5) is 26.0. The lowest BCUT2D eigenvalue weighted by Gasteiger charge is -2.10. The van der Waals surface area contributed by atoms with Crippen molar-refractivity contribution >= 4 is 40.6 Å². The number of hydrogen-bond donors (Lipinski definition) is 0. The molecule has 1 heterocycles. The molecule has 0 radical (unpaired) electrons. The minimum atomic E-state index is -0.232. The first-order chi connectivity index (χ1) is 12.6. The highest BCUT2D eigenvalue weighted by molar-refractivity contribution is 8.18. The molecule has 1 aliphatic rings. The first kappa shape index (κ1) is 18.5. The molecular weight excluding hydrogens is 370 g/mol. The fourth-order valence-electron chi connectivity index (χ4n) is 2.54. The van der Waals surface area contributed by atoms with Crippen molar-refractivity contribution in [2.24, 2.45) is 0 Å². The van der Waals surface area contributed by atoms with Crippen LogP contribution in [0, 0.1) is 0 Å². The molecule has 3 rings (SSSR count). The van der Waals surface area contributed by atoms with Gasteiger partial charge in [0.25, 0.3) is 11.1 Å². The quantitative estimate of drug-likeness (QED) is 0.625. The van der Waals surface area contributed by atoms with E-state index in [1.807, 2.05) is 55.5 Å². The Morgan fingerprint density at radius 2 is 1.96 bits per heavy atom. The summed E-state index contributed by atoms with van der Waals surface area (Å²) in [6, 6.07) is 14.9. The molecule has 0 spiro atoms. The maximum atomic E-state index is 12.3. The normalized spacial score (nSPS) is 15.8. The Kier molecular flexibility index (Phi) is 6.01. The van der Waals surface area contributed by atoms with Crippen LogP contribution in [0.25, 0.3) is 6.08 Å². The first-order valence-corrected chi connectivity index (χ1v) is 9.49. The minimum Gasteiger partial charge on any atom is -0.489 e. The molecule has 4 nitrogen and oxygen atoms in total. The van der Waals surface area contributed by atoms with E-state index in [9.17, 15) is 9.59 Å². The number of amides is 2. The van der Waals surface area contributed by atoms with Crippen LogP contribution in [-0.2, 0) is 11.4 Å².